The van der Waals surface area contributed by atoms with Gasteiger partial charge in [0, 0.05) is 11.2 Å². The molecule has 0 heterocycles. The minimum atomic E-state index is -0.444. The molecule has 0 fully saturated rings. The molecular formula is C11H16N2O. The van der Waals surface area contributed by atoms with Gasteiger partial charge in [0.25, 0.3) is 0 Å². The summed E-state index contributed by atoms with van der Waals surface area (Å²) in [6.07, 6.45) is 2.51. The SMILES string of the molecule is Nc1ccc2c(c1)CC(N)(CO)CC2. The standard InChI is InChI=1S/C11H16N2O/c12-10-2-1-8-3-4-11(13,7-14)6-9(8)5-10/h1-2,5,14H,3-4,6-7,12-13H2. The van der Waals surface area contributed by atoms with Crippen LogP contribution in [0.25, 0.3) is 0 Å². The molecule has 2 rings (SSSR count). The van der Waals surface area contributed by atoms with Gasteiger partial charge in [-0.1, -0.05) is 6.07 Å². The first-order chi connectivity index (χ1) is 6.63. The van der Waals surface area contributed by atoms with E-state index < -0.39 is 5.54 Å². The molecule has 3 nitrogen and oxygen atoms in total. The number of aliphatic hydroxyl groups is 1. The minimum absolute atomic E-state index is 0.0429. The van der Waals surface area contributed by atoms with E-state index >= 15 is 0 Å². The lowest BCUT2D eigenvalue weighted by molar-refractivity contribution is 0.181. The maximum Gasteiger partial charge on any atom is 0.0614 e. The quantitative estimate of drug-likeness (QED) is 0.566. The van der Waals surface area contributed by atoms with Crippen LogP contribution < -0.4 is 11.5 Å². The second-order valence-corrected chi connectivity index (χ2v) is 4.23. The molecule has 0 saturated carbocycles. The summed E-state index contributed by atoms with van der Waals surface area (Å²) in [4.78, 5) is 0. The zero-order chi connectivity index (χ0) is 10.2. The third-order valence-corrected chi connectivity index (χ3v) is 2.98. The smallest absolute Gasteiger partial charge is 0.0614 e. The molecule has 14 heavy (non-hydrogen) atoms. The van der Waals surface area contributed by atoms with Crippen LogP contribution in [0.2, 0.25) is 0 Å². The number of anilines is 1. The third-order valence-electron chi connectivity index (χ3n) is 2.98. The van der Waals surface area contributed by atoms with Gasteiger partial charge in [-0.2, -0.15) is 0 Å². The van der Waals surface area contributed by atoms with Gasteiger partial charge in [0.2, 0.25) is 0 Å². The molecule has 1 unspecified atom stereocenters. The van der Waals surface area contributed by atoms with Gasteiger partial charge in [-0.25, -0.2) is 0 Å². The summed E-state index contributed by atoms with van der Waals surface area (Å²) in [7, 11) is 0. The molecule has 0 aromatic heterocycles. The Kier molecular flexibility index (Phi) is 2.21. The topological polar surface area (TPSA) is 72.3 Å². The summed E-state index contributed by atoms with van der Waals surface area (Å²) in [5, 5.41) is 9.19. The van der Waals surface area contributed by atoms with Gasteiger partial charge in [-0.3, -0.25) is 0 Å². The van der Waals surface area contributed by atoms with Gasteiger partial charge >= 0.3 is 0 Å². The summed E-state index contributed by atoms with van der Waals surface area (Å²) in [5.74, 6) is 0. The fourth-order valence-corrected chi connectivity index (χ4v) is 2.04. The maximum atomic E-state index is 9.19. The molecule has 1 aromatic carbocycles. The van der Waals surface area contributed by atoms with Gasteiger partial charge in [0.15, 0.2) is 0 Å². The van der Waals surface area contributed by atoms with Crippen LogP contribution in [0.5, 0.6) is 0 Å². The van der Waals surface area contributed by atoms with E-state index in [9.17, 15) is 5.11 Å². The van der Waals surface area contributed by atoms with Crippen molar-refractivity contribution in [2.75, 3.05) is 12.3 Å². The van der Waals surface area contributed by atoms with Crippen molar-refractivity contribution in [2.24, 2.45) is 5.73 Å². The highest BCUT2D eigenvalue weighted by molar-refractivity contribution is 5.46. The van der Waals surface area contributed by atoms with Crippen molar-refractivity contribution in [1.82, 2.24) is 0 Å². The average molecular weight is 192 g/mol. The predicted molar refractivity (Wildman–Crippen MR) is 56.9 cm³/mol. The van der Waals surface area contributed by atoms with E-state index in [4.69, 9.17) is 11.5 Å². The molecule has 0 radical (unpaired) electrons. The molecule has 3 heteroatoms. The molecular weight excluding hydrogens is 176 g/mol. The molecule has 1 aromatic rings. The number of nitrogen functional groups attached to an aromatic ring is 1. The second-order valence-electron chi connectivity index (χ2n) is 4.23. The van der Waals surface area contributed by atoms with Crippen molar-refractivity contribution in [2.45, 2.75) is 24.8 Å². The highest BCUT2D eigenvalue weighted by Gasteiger charge is 2.29. The number of aliphatic hydroxyl groups excluding tert-OH is 1. The van der Waals surface area contributed by atoms with E-state index in [1.54, 1.807) is 0 Å². The Balaban J connectivity index is 2.33. The Labute approximate surface area is 83.7 Å². The number of nitrogens with two attached hydrogens (primary N) is 2. The van der Waals surface area contributed by atoms with Crippen LogP contribution in [0.3, 0.4) is 0 Å². The molecule has 76 valence electrons. The van der Waals surface area contributed by atoms with Crippen molar-refractivity contribution in [3.8, 4) is 0 Å². The Bertz CT molecular complexity index is 351. The Hall–Kier alpha value is -1.06. The van der Waals surface area contributed by atoms with Crippen molar-refractivity contribution in [3.63, 3.8) is 0 Å². The van der Waals surface area contributed by atoms with Crippen LogP contribution in [0.4, 0.5) is 5.69 Å². The minimum Gasteiger partial charge on any atom is -0.399 e. The highest BCUT2D eigenvalue weighted by Crippen LogP contribution is 2.28. The lowest BCUT2D eigenvalue weighted by Crippen LogP contribution is -2.48. The zero-order valence-electron chi connectivity index (χ0n) is 8.16. The number of aryl methyl sites for hydroxylation is 1. The van der Waals surface area contributed by atoms with Crippen LogP contribution in [0.1, 0.15) is 17.5 Å². The van der Waals surface area contributed by atoms with Crippen LogP contribution in [0.15, 0.2) is 18.2 Å². The molecule has 5 N–H and O–H groups in total. The molecule has 0 bridgehead atoms. The van der Waals surface area contributed by atoms with Gasteiger partial charge in [0.1, 0.15) is 0 Å². The van der Waals surface area contributed by atoms with Crippen molar-refractivity contribution >= 4 is 5.69 Å². The summed E-state index contributed by atoms with van der Waals surface area (Å²) in [6, 6.07) is 5.94. The first-order valence-corrected chi connectivity index (χ1v) is 4.90. The van der Waals surface area contributed by atoms with Gasteiger partial charge < -0.3 is 16.6 Å². The molecule has 0 aliphatic heterocycles. The third kappa shape index (κ3) is 1.61. The van der Waals surface area contributed by atoms with E-state index in [1.165, 1.54) is 11.1 Å². The number of hydrogen-bond acceptors (Lipinski definition) is 3. The Morgan fingerprint density at radius 3 is 2.86 bits per heavy atom. The number of rotatable bonds is 1. The lowest BCUT2D eigenvalue weighted by atomic mass is 9.79. The molecule has 0 amide bonds. The van der Waals surface area contributed by atoms with Crippen molar-refractivity contribution in [1.29, 1.82) is 0 Å². The van der Waals surface area contributed by atoms with E-state index in [2.05, 4.69) is 6.07 Å². The van der Waals surface area contributed by atoms with Gasteiger partial charge in [0.05, 0.1) is 6.61 Å². The fraction of sp³-hybridized carbons (Fsp3) is 0.455. The van der Waals surface area contributed by atoms with E-state index in [0.717, 1.165) is 24.9 Å². The maximum absolute atomic E-state index is 9.19. The number of fused-ring (bicyclic) bond motifs is 1. The van der Waals surface area contributed by atoms with E-state index in [0.29, 0.717) is 0 Å². The molecule has 1 aliphatic rings. The average Bonchev–Trinajstić information content (AvgIpc) is 2.17. The predicted octanol–water partition coefficient (Wildman–Crippen LogP) is 0.447. The summed E-state index contributed by atoms with van der Waals surface area (Å²) < 4.78 is 0. The van der Waals surface area contributed by atoms with Gasteiger partial charge in [-0.05, 0) is 42.5 Å². The largest absolute Gasteiger partial charge is 0.399 e. The normalized spacial score (nSPS) is 25.9. The zero-order valence-corrected chi connectivity index (χ0v) is 8.16. The molecule has 1 atom stereocenters. The fourth-order valence-electron chi connectivity index (χ4n) is 2.04. The second kappa shape index (κ2) is 3.26. The van der Waals surface area contributed by atoms with Crippen LogP contribution in [0, 0.1) is 0 Å². The molecule has 1 aliphatic carbocycles. The molecule has 0 saturated heterocycles. The van der Waals surface area contributed by atoms with Crippen LogP contribution >= 0.6 is 0 Å². The Morgan fingerprint density at radius 2 is 2.14 bits per heavy atom. The van der Waals surface area contributed by atoms with Crippen LogP contribution in [-0.2, 0) is 12.8 Å². The van der Waals surface area contributed by atoms with Crippen molar-refractivity contribution < 1.29 is 5.11 Å². The molecule has 0 spiro atoms. The number of hydrogen-bond donors (Lipinski definition) is 3. The number of benzene rings is 1. The first kappa shape index (κ1) is 9.49. The summed E-state index contributed by atoms with van der Waals surface area (Å²) >= 11 is 0. The van der Waals surface area contributed by atoms with Crippen LogP contribution in [-0.4, -0.2) is 17.3 Å². The first-order valence-electron chi connectivity index (χ1n) is 4.90. The van der Waals surface area contributed by atoms with Gasteiger partial charge in [-0.15, -0.1) is 0 Å². The lowest BCUT2D eigenvalue weighted by Gasteiger charge is -2.33. The van der Waals surface area contributed by atoms with E-state index in [-0.39, 0.29) is 6.61 Å². The van der Waals surface area contributed by atoms with E-state index in [1.807, 2.05) is 12.1 Å². The monoisotopic (exact) mass is 192 g/mol. The van der Waals surface area contributed by atoms with Crippen molar-refractivity contribution in [3.05, 3.63) is 29.3 Å². The summed E-state index contributed by atoms with van der Waals surface area (Å²) in [6.45, 7) is 0.0429. The highest BCUT2D eigenvalue weighted by atomic mass is 16.3. The Morgan fingerprint density at radius 1 is 1.36 bits per heavy atom. The summed E-state index contributed by atoms with van der Waals surface area (Å²) in [5.41, 5.74) is 14.6.